The highest BCUT2D eigenvalue weighted by atomic mass is 16.2. The molecule has 0 aliphatic carbocycles. The number of amides is 2. The van der Waals surface area contributed by atoms with Crippen molar-refractivity contribution in [3.05, 3.63) is 71.8 Å². The van der Waals surface area contributed by atoms with E-state index in [1.54, 1.807) is 0 Å². The predicted molar refractivity (Wildman–Crippen MR) is 88.5 cm³/mol. The van der Waals surface area contributed by atoms with Gasteiger partial charge in [0.1, 0.15) is 0 Å². The molecule has 3 nitrogen and oxygen atoms in total. The van der Waals surface area contributed by atoms with Gasteiger partial charge in [0.25, 0.3) is 0 Å². The highest BCUT2D eigenvalue weighted by Gasteiger charge is 2.40. The van der Waals surface area contributed by atoms with E-state index in [0.29, 0.717) is 0 Å². The van der Waals surface area contributed by atoms with Crippen LogP contribution in [0.3, 0.4) is 0 Å². The van der Waals surface area contributed by atoms with Crippen molar-refractivity contribution in [2.45, 2.75) is 31.8 Å². The molecule has 0 radical (unpaired) electrons. The lowest BCUT2D eigenvalue weighted by Gasteiger charge is -2.27. The van der Waals surface area contributed by atoms with Crippen LogP contribution in [0.1, 0.15) is 43.0 Å². The van der Waals surface area contributed by atoms with Gasteiger partial charge in [-0.3, -0.25) is 0 Å². The quantitative estimate of drug-likeness (QED) is 0.876. The summed E-state index contributed by atoms with van der Waals surface area (Å²) < 4.78 is 0. The molecule has 1 fully saturated rings. The number of hydrogen-bond acceptors (Lipinski definition) is 1. The Kier molecular flexibility index (Phi) is 4.42. The second-order valence-electron chi connectivity index (χ2n) is 5.74. The van der Waals surface area contributed by atoms with Crippen molar-refractivity contribution < 1.29 is 4.79 Å². The summed E-state index contributed by atoms with van der Waals surface area (Å²) in [5.74, 6) is 0. The molecule has 3 rings (SSSR count). The first-order valence-electron chi connectivity index (χ1n) is 7.98. The van der Waals surface area contributed by atoms with Gasteiger partial charge in [-0.05, 0) is 17.5 Å². The van der Waals surface area contributed by atoms with Crippen molar-refractivity contribution in [1.82, 2.24) is 10.2 Å². The van der Waals surface area contributed by atoms with Gasteiger partial charge in [0, 0.05) is 6.54 Å². The average Bonchev–Trinajstić information content (AvgIpc) is 2.91. The van der Waals surface area contributed by atoms with Crippen molar-refractivity contribution in [1.29, 1.82) is 0 Å². The lowest BCUT2D eigenvalue weighted by molar-refractivity contribution is 0.201. The van der Waals surface area contributed by atoms with Crippen molar-refractivity contribution in [3.8, 4) is 0 Å². The topological polar surface area (TPSA) is 32.3 Å². The summed E-state index contributed by atoms with van der Waals surface area (Å²) in [6.45, 7) is 2.95. The van der Waals surface area contributed by atoms with Crippen molar-refractivity contribution in [2.24, 2.45) is 0 Å². The highest BCUT2D eigenvalue weighted by molar-refractivity contribution is 5.78. The number of nitrogens with one attached hydrogen (secondary N) is 1. The summed E-state index contributed by atoms with van der Waals surface area (Å²) in [6, 6.07) is 20.7. The van der Waals surface area contributed by atoms with Crippen LogP contribution in [0, 0.1) is 0 Å². The smallest absolute Gasteiger partial charge is 0.318 e. The largest absolute Gasteiger partial charge is 0.329 e. The molecule has 2 aromatic carbocycles. The number of rotatable bonds is 5. The molecule has 1 heterocycles. The van der Waals surface area contributed by atoms with Crippen LogP contribution in [0.4, 0.5) is 4.79 Å². The van der Waals surface area contributed by atoms with Gasteiger partial charge >= 0.3 is 6.03 Å². The first-order chi connectivity index (χ1) is 10.8. The average molecular weight is 294 g/mol. The summed E-state index contributed by atoms with van der Waals surface area (Å²) in [4.78, 5) is 14.4. The fourth-order valence-electron chi connectivity index (χ4n) is 3.12. The van der Waals surface area contributed by atoms with Gasteiger partial charge in [-0.25, -0.2) is 4.79 Å². The van der Waals surface area contributed by atoms with E-state index < -0.39 is 0 Å². The van der Waals surface area contributed by atoms with Crippen LogP contribution in [-0.2, 0) is 0 Å². The van der Waals surface area contributed by atoms with Crippen molar-refractivity contribution in [2.75, 3.05) is 6.54 Å². The Morgan fingerprint density at radius 1 is 0.955 bits per heavy atom. The van der Waals surface area contributed by atoms with Crippen molar-refractivity contribution in [3.63, 3.8) is 0 Å². The molecule has 0 saturated carbocycles. The minimum Gasteiger partial charge on any atom is -0.329 e. The van der Waals surface area contributed by atoms with Crippen LogP contribution in [0.25, 0.3) is 0 Å². The molecule has 2 atom stereocenters. The van der Waals surface area contributed by atoms with Gasteiger partial charge in [0.15, 0.2) is 0 Å². The molecule has 2 aromatic rings. The number of urea groups is 1. The number of benzene rings is 2. The summed E-state index contributed by atoms with van der Waals surface area (Å²) in [5, 5.41) is 3.16. The van der Waals surface area contributed by atoms with E-state index in [4.69, 9.17) is 0 Å². The fourth-order valence-corrected chi connectivity index (χ4v) is 3.12. The monoisotopic (exact) mass is 294 g/mol. The van der Waals surface area contributed by atoms with Crippen LogP contribution in [0.2, 0.25) is 0 Å². The SMILES string of the molecule is CCCCN1C(=O)N[C@@H](c2ccccc2)[C@@H]1c1ccccc1. The zero-order chi connectivity index (χ0) is 15.4. The van der Waals surface area contributed by atoms with E-state index >= 15 is 0 Å². The second kappa shape index (κ2) is 6.65. The Balaban J connectivity index is 1.97. The minimum absolute atomic E-state index is 0.00737. The van der Waals surface area contributed by atoms with Gasteiger partial charge in [-0.1, -0.05) is 74.0 Å². The van der Waals surface area contributed by atoms with E-state index in [1.165, 1.54) is 5.56 Å². The Bertz CT molecular complexity index is 612. The maximum absolute atomic E-state index is 12.5. The van der Waals surface area contributed by atoms with Crippen LogP contribution in [0.5, 0.6) is 0 Å². The molecule has 1 aliphatic heterocycles. The zero-order valence-corrected chi connectivity index (χ0v) is 12.9. The molecule has 1 aliphatic rings. The molecule has 0 aromatic heterocycles. The molecular weight excluding hydrogens is 272 g/mol. The Morgan fingerprint density at radius 2 is 1.55 bits per heavy atom. The third-order valence-electron chi connectivity index (χ3n) is 4.24. The van der Waals surface area contributed by atoms with Gasteiger partial charge in [0.05, 0.1) is 12.1 Å². The van der Waals surface area contributed by atoms with E-state index in [2.05, 4.69) is 36.5 Å². The van der Waals surface area contributed by atoms with E-state index in [0.717, 1.165) is 24.9 Å². The van der Waals surface area contributed by atoms with Gasteiger partial charge < -0.3 is 10.2 Å². The molecular formula is C19H22N2O. The van der Waals surface area contributed by atoms with Crippen LogP contribution >= 0.6 is 0 Å². The van der Waals surface area contributed by atoms with E-state index in [-0.39, 0.29) is 18.1 Å². The Labute approximate surface area is 132 Å². The number of hydrogen-bond donors (Lipinski definition) is 1. The Morgan fingerprint density at radius 3 is 2.14 bits per heavy atom. The molecule has 1 saturated heterocycles. The third kappa shape index (κ3) is 2.84. The number of carbonyl (C=O) groups excluding carboxylic acids is 1. The number of carbonyl (C=O) groups is 1. The first-order valence-corrected chi connectivity index (χ1v) is 7.98. The molecule has 3 heteroatoms. The van der Waals surface area contributed by atoms with E-state index in [1.807, 2.05) is 41.3 Å². The summed E-state index contributed by atoms with van der Waals surface area (Å²) in [7, 11) is 0. The molecule has 22 heavy (non-hydrogen) atoms. The van der Waals surface area contributed by atoms with Gasteiger partial charge in [0.2, 0.25) is 0 Å². The fraction of sp³-hybridized carbons (Fsp3) is 0.316. The second-order valence-corrected chi connectivity index (χ2v) is 5.74. The first kappa shape index (κ1) is 14.6. The zero-order valence-electron chi connectivity index (χ0n) is 12.9. The molecule has 2 amide bonds. The molecule has 0 bridgehead atoms. The van der Waals surface area contributed by atoms with Gasteiger partial charge in [-0.15, -0.1) is 0 Å². The van der Waals surface area contributed by atoms with Crippen LogP contribution in [-0.4, -0.2) is 17.5 Å². The maximum atomic E-state index is 12.5. The molecule has 114 valence electrons. The molecule has 0 spiro atoms. The predicted octanol–water partition coefficient (Wildman–Crippen LogP) is 4.29. The van der Waals surface area contributed by atoms with Crippen LogP contribution in [0.15, 0.2) is 60.7 Å². The summed E-state index contributed by atoms with van der Waals surface area (Å²) in [5.41, 5.74) is 2.34. The molecule has 1 N–H and O–H groups in total. The van der Waals surface area contributed by atoms with Crippen LogP contribution < -0.4 is 5.32 Å². The van der Waals surface area contributed by atoms with Gasteiger partial charge in [-0.2, -0.15) is 0 Å². The van der Waals surface area contributed by atoms with Crippen molar-refractivity contribution >= 4 is 6.03 Å². The van der Waals surface area contributed by atoms with E-state index in [9.17, 15) is 4.79 Å². The maximum Gasteiger partial charge on any atom is 0.318 e. The normalized spacial score (nSPS) is 21.0. The standard InChI is InChI=1S/C19H22N2O/c1-2-3-14-21-18(16-12-8-5-9-13-16)17(20-19(21)22)15-10-6-4-7-11-15/h4-13,17-18H,2-3,14H2,1H3,(H,20,22)/t17-,18-/m0/s1. The number of unbranched alkanes of at least 4 members (excludes halogenated alkanes) is 1. The summed E-state index contributed by atoms with van der Waals surface area (Å²) >= 11 is 0. The molecule has 0 unspecified atom stereocenters. The third-order valence-corrected chi connectivity index (χ3v) is 4.24. The lowest BCUT2D eigenvalue weighted by atomic mass is 9.94. The Hall–Kier alpha value is -2.29. The highest BCUT2D eigenvalue weighted by Crippen LogP contribution is 2.38. The number of nitrogens with zero attached hydrogens (tertiary/aromatic N) is 1. The minimum atomic E-state index is 0.00737. The lowest BCUT2D eigenvalue weighted by Crippen LogP contribution is -2.30. The summed E-state index contributed by atoms with van der Waals surface area (Å²) in [6.07, 6.45) is 2.11.